The van der Waals surface area contributed by atoms with Gasteiger partial charge in [0.2, 0.25) is 0 Å². The van der Waals surface area contributed by atoms with Gasteiger partial charge in [0, 0.05) is 16.4 Å². The Hall–Kier alpha value is -2.37. The number of pyridine rings is 1. The second-order valence-electron chi connectivity index (χ2n) is 3.47. The largest absolute Gasteiger partial charge is 0.340 e. The molecule has 1 aromatic carbocycles. The zero-order valence-electron chi connectivity index (χ0n) is 9.18. The molecule has 1 aromatic heterocycles. The number of benzene rings is 1. The Balaban J connectivity index is 2.28. The molecule has 4 nitrogen and oxygen atoms in total. The van der Waals surface area contributed by atoms with E-state index in [0.717, 1.165) is 10.2 Å². The molecule has 0 atom stereocenters. The summed E-state index contributed by atoms with van der Waals surface area (Å²) in [6.45, 7) is 0. The van der Waals surface area contributed by atoms with Crippen molar-refractivity contribution in [3.8, 4) is 12.1 Å². The monoisotopic (exact) mass is 298 g/mol. The van der Waals surface area contributed by atoms with Gasteiger partial charge < -0.3 is 5.32 Å². The molecule has 5 heteroatoms. The minimum atomic E-state index is 0.347. The van der Waals surface area contributed by atoms with E-state index in [1.54, 1.807) is 24.4 Å². The molecule has 0 aliphatic carbocycles. The predicted molar refractivity (Wildman–Crippen MR) is 71.1 cm³/mol. The first kappa shape index (κ1) is 12.1. The van der Waals surface area contributed by atoms with Crippen LogP contribution < -0.4 is 5.32 Å². The van der Waals surface area contributed by atoms with Crippen LogP contribution in [0.25, 0.3) is 0 Å². The summed E-state index contributed by atoms with van der Waals surface area (Å²) in [5.41, 5.74) is 1.44. The van der Waals surface area contributed by atoms with Crippen LogP contribution in [-0.2, 0) is 0 Å². The second kappa shape index (κ2) is 5.31. The number of anilines is 2. The third kappa shape index (κ3) is 2.65. The number of halogens is 1. The fraction of sp³-hybridized carbons (Fsp3) is 0. The van der Waals surface area contributed by atoms with E-state index in [9.17, 15) is 0 Å². The van der Waals surface area contributed by atoms with Crippen molar-refractivity contribution in [3.05, 3.63) is 52.1 Å². The van der Waals surface area contributed by atoms with E-state index < -0.39 is 0 Å². The molecule has 86 valence electrons. The van der Waals surface area contributed by atoms with Crippen LogP contribution in [0.5, 0.6) is 0 Å². The molecule has 0 bridgehead atoms. The Morgan fingerprint density at radius 3 is 2.44 bits per heavy atom. The van der Waals surface area contributed by atoms with Gasteiger partial charge in [-0.1, -0.05) is 0 Å². The van der Waals surface area contributed by atoms with E-state index in [1.807, 2.05) is 24.3 Å². The molecule has 0 amide bonds. The third-order valence-electron chi connectivity index (χ3n) is 2.26. The summed E-state index contributed by atoms with van der Waals surface area (Å²) < 4.78 is 0.894. The maximum Gasteiger partial charge on any atom is 0.130 e. The fourth-order valence-electron chi connectivity index (χ4n) is 1.41. The van der Waals surface area contributed by atoms with Crippen molar-refractivity contribution in [2.24, 2.45) is 0 Å². The molecule has 2 aromatic rings. The molecular formula is C13H7BrN4. The van der Waals surface area contributed by atoms with E-state index in [-0.39, 0.29) is 0 Å². The van der Waals surface area contributed by atoms with Crippen LogP contribution in [0.15, 0.2) is 41.0 Å². The number of rotatable bonds is 2. The minimum absolute atomic E-state index is 0.347. The smallest absolute Gasteiger partial charge is 0.130 e. The molecule has 0 spiro atoms. The average Bonchev–Trinajstić information content (AvgIpc) is 2.41. The number of hydrogen-bond donors (Lipinski definition) is 1. The summed E-state index contributed by atoms with van der Waals surface area (Å²) in [5, 5.41) is 20.8. The fourth-order valence-corrected chi connectivity index (χ4v) is 1.64. The SMILES string of the molecule is N#Cc1ccc(Nc2ccc(Br)cn2)cc1C#N. The number of nitrogens with one attached hydrogen (secondary N) is 1. The van der Waals surface area contributed by atoms with Gasteiger partial charge in [0.25, 0.3) is 0 Å². The van der Waals surface area contributed by atoms with Gasteiger partial charge in [0.05, 0.1) is 11.1 Å². The van der Waals surface area contributed by atoms with Crippen molar-refractivity contribution in [2.75, 3.05) is 5.32 Å². The van der Waals surface area contributed by atoms with Crippen molar-refractivity contribution in [3.63, 3.8) is 0 Å². The summed E-state index contributed by atoms with van der Waals surface area (Å²) >= 11 is 3.30. The molecule has 0 unspecified atom stereocenters. The maximum atomic E-state index is 8.93. The number of aromatic nitrogens is 1. The molecule has 0 aliphatic rings. The van der Waals surface area contributed by atoms with E-state index in [1.165, 1.54) is 0 Å². The van der Waals surface area contributed by atoms with Crippen LogP contribution in [0.4, 0.5) is 11.5 Å². The van der Waals surface area contributed by atoms with Crippen LogP contribution in [0, 0.1) is 22.7 Å². The molecule has 1 heterocycles. The molecule has 0 saturated carbocycles. The van der Waals surface area contributed by atoms with Crippen molar-refractivity contribution in [1.29, 1.82) is 10.5 Å². The van der Waals surface area contributed by atoms with Gasteiger partial charge >= 0.3 is 0 Å². The zero-order valence-corrected chi connectivity index (χ0v) is 10.8. The van der Waals surface area contributed by atoms with Gasteiger partial charge in [0.15, 0.2) is 0 Å². The van der Waals surface area contributed by atoms with Gasteiger partial charge in [-0.05, 0) is 46.3 Å². The van der Waals surface area contributed by atoms with E-state index in [4.69, 9.17) is 10.5 Å². The maximum absolute atomic E-state index is 8.93. The lowest BCUT2D eigenvalue weighted by molar-refractivity contribution is 1.29. The Morgan fingerprint density at radius 1 is 1.06 bits per heavy atom. The van der Waals surface area contributed by atoms with Gasteiger partial charge in [-0.15, -0.1) is 0 Å². The van der Waals surface area contributed by atoms with Crippen LogP contribution in [0.2, 0.25) is 0 Å². The lowest BCUT2D eigenvalue weighted by Gasteiger charge is -2.06. The Kier molecular flexibility index (Phi) is 3.57. The summed E-state index contributed by atoms with van der Waals surface area (Å²) in [7, 11) is 0. The number of hydrogen-bond acceptors (Lipinski definition) is 4. The molecule has 18 heavy (non-hydrogen) atoms. The van der Waals surface area contributed by atoms with E-state index in [0.29, 0.717) is 16.9 Å². The molecule has 2 rings (SSSR count). The first-order valence-electron chi connectivity index (χ1n) is 5.06. The zero-order chi connectivity index (χ0) is 13.0. The first-order chi connectivity index (χ1) is 8.72. The number of nitrogens with zero attached hydrogens (tertiary/aromatic N) is 3. The van der Waals surface area contributed by atoms with Crippen molar-refractivity contribution in [2.45, 2.75) is 0 Å². The predicted octanol–water partition coefficient (Wildman–Crippen LogP) is 3.33. The van der Waals surface area contributed by atoms with Crippen LogP contribution in [-0.4, -0.2) is 4.98 Å². The standard InChI is InChI=1S/C13H7BrN4/c14-11-2-4-13(17-8-11)18-12-3-1-9(6-15)10(5-12)7-16/h1-5,8H,(H,17,18). The van der Waals surface area contributed by atoms with Crippen LogP contribution in [0.1, 0.15) is 11.1 Å². The van der Waals surface area contributed by atoms with Crippen molar-refractivity contribution >= 4 is 27.4 Å². The van der Waals surface area contributed by atoms with Gasteiger partial charge in [-0.3, -0.25) is 0 Å². The Morgan fingerprint density at radius 2 is 1.83 bits per heavy atom. The van der Waals surface area contributed by atoms with E-state index in [2.05, 4.69) is 26.2 Å². The summed E-state index contributed by atoms with van der Waals surface area (Å²) in [6.07, 6.45) is 1.68. The van der Waals surface area contributed by atoms with Crippen LogP contribution in [0.3, 0.4) is 0 Å². The Bertz CT molecular complexity index is 650. The van der Waals surface area contributed by atoms with Crippen LogP contribution >= 0.6 is 15.9 Å². The highest BCUT2D eigenvalue weighted by molar-refractivity contribution is 9.10. The molecular weight excluding hydrogens is 292 g/mol. The average molecular weight is 299 g/mol. The van der Waals surface area contributed by atoms with Gasteiger partial charge in [-0.2, -0.15) is 10.5 Å². The molecule has 1 N–H and O–H groups in total. The summed E-state index contributed by atoms with van der Waals surface area (Å²) in [4.78, 5) is 4.17. The molecule has 0 radical (unpaired) electrons. The first-order valence-corrected chi connectivity index (χ1v) is 5.85. The Labute approximate surface area is 113 Å². The minimum Gasteiger partial charge on any atom is -0.340 e. The van der Waals surface area contributed by atoms with E-state index >= 15 is 0 Å². The molecule has 0 fully saturated rings. The molecule has 0 saturated heterocycles. The highest BCUT2D eigenvalue weighted by atomic mass is 79.9. The summed E-state index contributed by atoms with van der Waals surface area (Å²) in [6, 6.07) is 12.6. The normalized spacial score (nSPS) is 9.28. The van der Waals surface area contributed by atoms with Crippen molar-refractivity contribution in [1.82, 2.24) is 4.98 Å². The summed E-state index contributed by atoms with van der Waals surface area (Å²) in [5.74, 6) is 0.673. The lowest BCUT2D eigenvalue weighted by Crippen LogP contribution is -1.94. The molecule has 0 aliphatic heterocycles. The topological polar surface area (TPSA) is 72.5 Å². The van der Waals surface area contributed by atoms with Gasteiger partial charge in [-0.25, -0.2) is 4.98 Å². The highest BCUT2D eigenvalue weighted by Crippen LogP contribution is 2.19. The van der Waals surface area contributed by atoms with Crippen molar-refractivity contribution < 1.29 is 0 Å². The van der Waals surface area contributed by atoms with Gasteiger partial charge in [0.1, 0.15) is 18.0 Å². The third-order valence-corrected chi connectivity index (χ3v) is 2.73. The second-order valence-corrected chi connectivity index (χ2v) is 4.39. The number of nitriles is 2. The lowest BCUT2D eigenvalue weighted by atomic mass is 10.1. The quantitative estimate of drug-likeness (QED) is 0.923. The highest BCUT2D eigenvalue weighted by Gasteiger charge is 2.03.